The Labute approximate surface area is 56.6 Å². The third-order valence-corrected chi connectivity index (χ3v) is 2.08. The molecule has 0 bridgehead atoms. The van der Waals surface area contributed by atoms with Gasteiger partial charge in [-0.05, 0) is 5.41 Å². The molecule has 0 saturated carbocycles. The second-order valence-electron chi connectivity index (χ2n) is 3.38. The predicted octanol–water partition coefficient (Wildman–Crippen LogP) is 0.631. The maximum absolute atomic E-state index is 5.02. The number of nitrogens with one attached hydrogen (secondary N) is 1. The van der Waals surface area contributed by atoms with E-state index in [1.165, 1.54) is 0 Å². The molecule has 1 rings (SSSR count). The molecule has 1 atom stereocenters. The minimum Gasteiger partial charge on any atom is -0.383 e. The normalized spacial score (nSPS) is 31.7. The zero-order valence-electron chi connectivity index (χ0n) is 6.40. The van der Waals surface area contributed by atoms with Gasteiger partial charge in [0.05, 0.1) is 6.61 Å². The fourth-order valence-corrected chi connectivity index (χ4v) is 1.11. The molecular formula is C7H15NO. The topological polar surface area (TPSA) is 21.3 Å². The quantitative estimate of drug-likeness (QED) is 0.590. The summed E-state index contributed by atoms with van der Waals surface area (Å²) in [6, 6.07) is 0.572. The Kier molecular flexibility index (Phi) is 1.78. The average Bonchev–Trinajstić information content (AvgIpc) is 1.81. The molecule has 1 heterocycles. The van der Waals surface area contributed by atoms with Crippen LogP contribution < -0.4 is 5.32 Å². The first-order chi connectivity index (χ1) is 4.17. The number of methoxy groups -OCH3 is 1. The summed E-state index contributed by atoms with van der Waals surface area (Å²) in [5.41, 5.74) is 0.454. The van der Waals surface area contributed by atoms with Crippen LogP contribution in [0.5, 0.6) is 0 Å². The molecule has 2 nitrogen and oxygen atoms in total. The molecule has 0 aliphatic carbocycles. The molecular weight excluding hydrogens is 114 g/mol. The van der Waals surface area contributed by atoms with Gasteiger partial charge in [-0.15, -0.1) is 0 Å². The van der Waals surface area contributed by atoms with Gasteiger partial charge in [-0.1, -0.05) is 13.8 Å². The summed E-state index contributed by atoms with van der Waals surface area (Å²) in [4.78, 5) is 0. The smallest absolute Gasteiger partial charge is 0.0621 e. The van der Waals surface area contributed by atoms with E-state index in [2.05, 4.69) is 19.2 Å². The first-order valence-corrected chi connectivity index (χ1v) is 3.39. The molecule has 1 fully saturated rings. The summed E-state index contributed by atoms with van der Waals surface area (Å²) in [6.45, 7) is 6.48. The zero-order valence-corrected chi connectivity index (χ0v) is 6.40. The van der Waals surface area contributed by atoms with Crippen molar-refractivity contribution in [3.8, 4) is 0 Å². The summed E-state index contributed by atoms with van der Waals surface area (Å²) >= 11 is 0. The van der Waals surface area contributed by atoms with Crippen LogP contribution in [0.3, 0.4) is 0 Å². The van der Waals surface area contributed by atoms with Crippen molar-refractivity contribution in [2.45, 2.75) is 19.9 Å². The molecule has 0 aromatic rings. The largest absolute Gasteiger partial charge is 0.383 e. The summed E-state index contributed by atoms with van der Waals surface area (Å²) in [5.74, 6) is 0. The van der Waals surface area contributed by atoms with E-state index in [-0.39, 0.29) is 0 Å². The summed E-state index contributed by atoms with van der Waals surface area (Å²) in [7, 11) is 1.75. The number of hydrogen-bond acceptors (Lipinski definition) is 2. The molecule has 1 unspecified atom stereocenters. The fraction of sp³-hybridized carbons (Fsp3) is 1.00. The molecule has 0 aromatic carbocycles. The molecule has 2 heteroatoms. The Hall–Kier alpha value is -0.0800. The van der Waals surface area contributed by atoms with Crippen molar-refractivity contribution < 1.29 is 4.74 Å². The van der Waals surface area contributed by atoms with Crippen LogP contribution in [-0.2, 0) is 4.74 Å². The van der Waals surface area contributed by atoms with Crippen LogP contribution in [0.25, 0.3) is 0 Å². The average molecular weight is 129 g/mol. The van der Waals surface area contributed by atoms with Crippen LogP contribution in [0.15, 0.2) is 0 Å². The van der Waals surface area contributed by atoms with E-state index in [9.17, 15) is 0 Å². The van der Waals surface area contributed by atoms with Crippen LogP contribution in [0, 0.1) is 5.41 Å². The molecule has 1 aliphatic rings. The van der Waals surface area contributed by atoms with Gasteiger partial charge in [-0.25, -0.2) is 0 Å². The molecule has 0 aromatic heterocycles. The lowest BCUT2D eigenvalue weighted by atomic mass is 9.78. The highest BCUT2D eigenvalue weighted by atomic mass is 16.5. The highest BCUT2D eigenvalue weighted by Crippen LogP contribution is 2.27. The molecule has 0 spiro atoms. The van der Waals surface area contributed by atoms with Gasteiger partial charge < -0.3 is 10.1 Å². The van der Waals surface area contributed by atoms with E-state index in [0.717, 1.165) is 13.2 Å². The summed E-state index contributed by atoms with van der Waals surface area (Å²) in [6.07, 6.45) is 0. The van der Waals surface area contributed by atoms with Gasteiger partial charge in [0.2, 0.25) is 0 Å². The van der Waals surface area contributed by atoms with E-state index in [1.54, 1.807) is 7.11 Å². The van der Waals surface area contributed by atoms with Gasteiger partial charge in [0, 0.05) is 19.7 Å². The van der Waals surface area contributed by atoms with Crippen molar-refractivity contribution in [3.63, 3.8) is 0 Å². The molecule has 1 aliphatic heterocycles. The highest BCUT2D eigenvalue weighted by Gasteiger charge is 2.37. The third-order valence-electron chi connectivity index (χ3n) is 2.08. The van der Waals surface area contributed by atoms with E-state index < -0.39 is 0 Å². The zero-order chi connectivity index (χ0) is 6.91. The van der Waals surface area contributed by atoms with Crippen LogP contribution in [0.2, 0.25) is 0 Å². The van der Waals surface area contributed by atoms with Gasteiger partial charge in [0.15, 0.2) is 0 Å². The molecule has 0 radical (unpaired) electrons. The summed E-state index contributed by atoms with van der Waals surface area (Å²) in [5, 5.41) is 3.31. The molecule has 1 saturated heterocycles. The van der Waals surface area contributed by atoms with Crippen molar-refractivity contribution in [2.24, 2.45) is 5.41 Å². The molecule has 9 heavy (non-hydrogen) atoms. The third kappa shape index (κ3) is 1.25. The van der Waals surface area contributed by atoms with Gasteiger partial charge in [-0.3, -0.25) is 0 Å². The Morgan fingerprint density at radius 2 is 2.33 bits per heavy atom. The highest BCUT2D eigenvalue weighted by molar-refractivity contribution is 4.95. The number of rotatable bonds is 2. The number of ether oxygens (including phenoxy) is 1. The van der Waals surface area contributed by atoms with Crippen LogP contribution in [0.1, 0.15) is 13.8 Å². The lowest BCUT2D eigenvalue weighted by Crippen LogP contribution is -2.61. The van der Waals surface area contributed by atoms with Crippen LogP contribution in [-0.4, -0.2) is 26.3 Å². The van der Waals surface area contributed by atoms with Crippen molar-refractivity contribution in [1.29, 1.82) is 0 Å². The maximum atomic E-state index is 5.02. The maximum Gasteiger partial charge on any atom is 0.0621 e. The van der Waals surface area contributed by atoms with E-state index in [4.69, 9.17) is 4.74 Å². The molecule has 0 amide bonds. The van der Waals surface area contributed by atoms with Gasteiger partial charge in [-0.2, -0.15) is 0 Å². The standard InChI is InChI=1S/C7H15NO/c1-7(2)5-8-6(7)4-9-3/h6,8H,4-5H2,1-3H3. The first kappa shape index (κ1) is 7.03. The van der Waals surface area contributed by atoms with Crippen LogP contribution in [0.4, 0.5) is 0 Å². The fourth-order valence-electron chi connectivity index (χ4n) is 1.11. The van der Waals surface area contributed by atoms with Gasteiger partial charge in [0.1, 0.15) is 0 Å². The minimum absolute atomic E-state index is 0.454. The Morgan fingerprint density at radius 3 is 2.44 bits per heavy atom. The second-order valence-corrected chi connectivity index (χ2v) is 3.38. The van der Waals surface area contributed by atoms with Crippen molar-refractivity contribution in [3.05, 3.63) is 0 Å². The van der Waals surface area contributed by atoms with Gasteiger partial charge >= 0.3 is 0 Å². The van der Waals surface area contributed by atoms with E-state index in [0.29, 0.717) is 11.5 Å². The Balaban J connectivity index is 2.28. The van der Waals surface area contributed by atoms with Crippen molar-refractivity contribution >= 4 is 0 Å². The van der Waals surface area contributed by atoms with E-state index in [1.807, 2.05) is 0 Å². The molecule has 54 valence electrons. The van der Waals surface area contributed by atoms with Gasteiger partial charge in [0.25, 0.3) is 0 Å². The lowest BCUT2D eigenvalue weighted by molar-refractivity contribution is 0.0458. The Morgan fingerprint density at radius 1 is 1.67 bits per heavy atom. The summed E-state index contributed by atoms with van der Waals surface area (Å²) < 4.78 is 5.02. The monoisotopic (exact) mass is 129 g/mol. The predicted molar refractivity (Wildman–Crippen MR) is 37.4 cm³/mol. The second kappa shape index (κ2) is 2.27. The molecule has 1 N–H and O–H groups in total. The minimum atomic E-state index is 0.454. The SMILES string of the molecule is COCC1NCC1(C)C. The van der Waals surface area contributed by atoms with Crippen molar-refractivity contribution in [1.82, 2.24) is 5.32 Å². The lowest BCUT2D eigenvalue weighted by Gasteiger charge is -2.45. The number of hydrogen-bond donors (Lipinski definition) is 1. The first-order valence-electron chi connectivity index (χ1n) is 3.39. The van der Waals surface area contributed by atoms with Crippen molar-refractivity contribution in [2.75, 3.05) is 20.3 Å². The van der Waals surface area contributed by atoms with E-state index >= 15 is 0 Å². The Bertz CT molecular complexity index is 101. The van der Waals surface area contributed by atoms with Crippen LogP contribution >= 0.6 is 0 Å².